The molecule has 3 N–H and O–H groups in total. The van der Waals surface area contributed by atoms with Gasteiger partial charge in [-0.2, -0.15) is 0 Å². The van der Waals surface area contributed by atoms with E-state index in [0.717, 1.165) is 5.56 Å². The Morgan fingerprint density at radius 3 is 2.68 bits per heavy atom. The number of anilines is 1. The summed E-state index contributed by atoms with van der Waals surface area (Å²) in [5.74, 6) is -0.248. The number of aromatic nitrogens is 3. The van der Waals surface area contributed by atoms with Crippen LogP contribution in [0.1, 0.15) is 16.7 Å². The minimum atomic E-state index is -0.720. The predicted octanol–water partition coefficient (Wildman–Crippen LogP) is 3.96. The first-order valence-corrected chi connectivity index (χ1v) is 10.2. The summed E-state index contributed by atoms with van der Waals surface area (Å²) < 4.78 is 0. The molecule has 1 amide bonds. The van der Waals surface area contributed by atoms with Gasteiger partial charge in [0.2, 0.25) is 5.91 Å². The number of rotatable bonds is 3. The molecule has 0 bridgehead atoms. The van der Waals surface area contributed by atoms with E-state index >= 15 is 0 Å². The van der Waals surface area contributed by atoms with Crippen molar-refractivity contribution in [2.24, 2.45) is 4.99 Å². The van der Waals surface area contributed by atoms with E-state index in [-0.39, 0.29) is 11.6 Å². The Morgan fingerprint density at radius 2 is 1.84 bits per heavy atom. The first-order chi connectivity index (χ1) is 15.0. The highest BCUT2D eigenvalue weighted by Gasteiger charge is 2.27. The quantitative estimate of drug-likeness (QED) is 0.439. The first-order valence-electron chi connectivity index (χ1n) is 9.48. The molecule has 3 heterocycles. The summed E-state index contributed by atoms with van der Waals surface area (Å²) >= 11 is 12.6. The highest BCUT2D eigenvalue weighted by Crippen LogP contribution is 2.29. The SMILES string of the molecule is O=C1Nc2ccc(Cl)cc2C(c2cnc3[nH]c(=O)[nH]c3c2)=NC1Cc1ccccc1Cl. The van der Waals surface area contributed by atoms with E-state index in [4.69, 9.17) is 28.2 Å². The van der Waals surface area contributed by atoms with Gasteiger partial charge in [-0.15, -0.1) is 0 Å². The Morgan fingerprint density at radius 1 is 1.00 bits per heavy atom. The van der Waals surface area contributed by atoms with Crippen molar-refractivity contribution in [2.75, 3.05) is 5.32 Å². The van der Waals surface area contributed by atoms with Crippen LogP contribution in [0.15, 0.2) is 64.5 Å². The van der Waals surface area contributed by atoms with Gasteiger partial charge in [-0.05, 0) is 35.9 Å². The number of amides is 1. The zero-order valence-corrected chi connectivity index (χ0v) is 17.5. The number of aromatic amines is 2. The summed E-state index contributed by atoms with van der Waals surface area (Å²) in [5.41, 5.74) is 3.91. The number of halogens is 2. The largest absolute Gasteiger partial charge is 0.325 e. The Balaban J connectivity index is 1.67. The molecule has 5 rings (SSSR count). The van der Waals surface area contributed by atoms with Crippen LogP contribution in [-0.4, -0.2) is 32.6 Å². The van der Waals surface area contributed by atoms with Crippen LogP contribution in [0.2, 0.25) is 10.0 Å². The van der Waals surface area contributed by atoms with Gasteiger partial charge >= 0.3 is 5.69 Å². The Bertz CT molecular complexity index is 1420. The Labute approximate surface area is 186 Å². The van der Waals surface area contributed by atoms with Crippen molar-refractivity contribution in [3.63, 3.8) is 0 Å². The lowest BCUT2D eigenvalue weighted by molar-refractivity contribution is -0.117. The summed E-state index contributed by atoms with van der Waals surface area (Å²) in [5, 5.41) is 4.02. The van der Waals surface area contributed by atoms with Gasteiger partial charge < -0.3 is 10.3 Å². The molecule has 0 aliphatic carbocycles. The predicted molar refractivity (Wildman–Crippen MR) is 121 cm³/mol. The number of hydrogen-bond acceptors (Lipinski definition) is 4. The van der Waals surface area contributed by atoms with Crippen molar-refractivity contribution in [3.8, 4) is 0 Å². The number of benzene rings is 2. The van der Waals surface area contributed by atoms with Gasteiger partial charge in [0.15, 0.2) is 5.65 Å². The minimum Gasteiger partial charge on any atom is -0.324 e. The maximum Gasteiger partial charge on any atom is 0.325 e. The van der Waals surface area contributed by atoms with E-state index in [1.165, 1.54) is 0 Å². The van der Waals surface area contributed by atoms with Crippen molar-refractivity contribution < 1.29 is 4.79 Å². The van der Waals surface area contributed by atoms with Gasteiger partial charge in [-0.25, -0.2) is 9.78 Å². The van der Waals surface area contributed by atoms with Crippen molar-refractivity contribution in [2.45, 2.75) is 12.5 Å². The normalized spacial score (nSPS) is 15.9. The number of carbonyl (C=O) groups is 1. The molecule has 2 aromatic heterocycles. The molecular weight excluding hydrogens is 437 g/mol. The van der Waals surface area contributed by atoms with Gasteiger partial charge in [0.1, 0.15) is 6.04 Å². The fourth-order valence-electron chi connectivity index (χ4n) is 3.61. The smallest absolute Gasteiger partial charge is 0.324 e. The fourth-order valence-corrected chi connectivity index (χ4v) is 4.00. The van der Waals surface area contributed by atoms with Gasteiger partial charge in [0, 0.05) is 33.8 Å². The third-order valence-corrected chi connectivity index (χ3v) is 5.70. The molecule has 2 aromatic carbocycles. The summed E-state index contributed by atoms with van der Waals surface area (Å²) in [6, 6.07) is 13.6. The fraction of sp³-hybridized carbons (Fsp3) is 0.0909. The highest BCUT2D eigenvalue weighted by molar-refractivity contribution is 6.32. The second-order valence-electron chi connectivity index (χ2n) is 7.17. The second-order valence-corrected chi connectivity index (χ2v) is 8.01. The zero-order valence-electron chi connectivity index (χ0n) is 15.9. The second kappa shape index (κ2) is 7.68. The number of hydrogen-bond donors (Lipinski definition) is 3. The molecule has 31 heavy (non-hydrogen) atoms. The number of imidazole rings is 1. The number of nitrogens with zero attached hydrogens (tertiary/aromatic N) is 2. The maximum atomic E-state index is 13.0. The van der Waals surface area contributed by atoms with E-state index in [1.807, 2.05) is 18.2 Å². The van der Waals surface area contributed by atoms with Crippen LogP contribution in [0.4, 0.5) is 5.69 Å². The van der Waals surface area contributed by atoms with E-state index in [9.17, 15) is 9.59 Å². The first kappa shape index (κ1) is 19.5. The lowest BCUT2D eigenvalue weighted by atomic mass is 10.0. The third kappa shape index (κ3) is 3.73. The Hall–Kier alpha value is -3.42. The van der Waals surface area contributed by atoms with Crippen LogP contribution in [0.25, 0.3) is 11.2 Å². The average molecular weight is 452 g/mol. The molecule has 0 fully saturated rings. The summed E-state index contributed by atoms with van der Waals surface area (Å²) in [6.07, 6.45) is 1.94. The number of carbonyl (C=O) groups excluding carboxylic acids is 1. The molecule has 0 saturated carbocycles. The number of pyridine rings is 1. The van der Waals surface area contributed by atoms with Crippen LogP contribution in [-0.2, 0) is 11.2 Å². The van der Waals surface area contributed by atoms with Crippen LogP contribution in [0.3, 0.4) is 0 Å². The Kier molecular flexibility index (Phi) is 4.84. The number of aliphatic imine (C=N–C) groups is 1. The molecule has 1 atom stereocenters. The van der Waals surface area contributed by atoms with Crippen LogP contribution < -0.4 is 11.0 Å². The lowest BCUT2D eigenvalue weighted by Crippen LogP contribution is -2.27. The summed E-state index contributed by atoms with van der Waals surface area (Å²) in [7, 11) is 0. The molecule has 9 heteroatoms. The van der Waals surface area contributed by atoms with Gasteiger partial charge in [-0.3, -0.25) is 14.8 Å². The van der Waals surface area contributed by atoms with Crippen molar-refractivity contribution in [3.05, 3.63) is 91.9 Å². The molecule has 154 valence electrons. The van der Waals surface area contributed by atoms with Gasteiger partial charge in [0.25, 0.3) is 0 Å². The average Bonchev–Trinajstić information content (AvgIpc) is 3.06. The zero-order chi connectivity index (χ0) is 21.5. The van der Waals surface area contributed by atoms with E-state index < -0.39 is 6.04 Å². The molecular formula is C22H15Cl2N5O2. The molecule has 0 radical (unpaired) electrons. The standard InChI is InChI=1S/C22H15Cl2N5O2/c23-13-5-6-16-14(9-13)19(12-8-17-20(25-10-12)29-22(31)28-17)26-18(21(30)27-16)7-11-3-1-2-4-15(11)24/h1-6,8-10,18H,7H2,(H,27,30)(H2,25,28,29,31). The minimum absolute atomic E-state index is 0.248. The molecule has 1 aliphatic heterocycles. The lowest BCUT2D eigenvalue weighted by Gasteiger charge is -2.12. The topological polar surface area (TPSA) is 103 Å². The molecule has 4 aromatic rings. The molecule has 1 unspecified atom stereocenters. The van der Waals surface area contributed by atoms with Crippen molar-refractivity contribution in [1.82, 2.24) is 15.0 Å². The number of fused-ring (bicyclic) bond motifs is 2. The number of benzodiazepines with no additional fused rings is 1. The monoisotopic (exact) mass is 451 g/mol. The summed E-state index contributed by atoms with van der Waals surface area (Å²) in [6.45, 7) is 0. The summed E-state index contributed by atoms with van der Waals surface area (Å²) in [4.78, 5) is 39.1. The van der Waals surface area contributed by atoms with Crippen molar-refractivity contribution >= 4 is 51.7 Å². The van der Waals surface area contributed by atoms with E-state index in [2.05, 4.69) is 20.3 Å². The van der Waals surface area contributed by atoms with Crippen LogP contribution >= 0.6 is 23.2 Å². The third-order valence-electron chi connectivity index (χ3n) is 5.09. The molecule has 1 aliphatic rings. The molecule has 0 saturated heterocycles. The number of nitrogens with one attached hydrogen (secondary N) is 3. The maximum absolute atomic E-state index is 13.0. The molecule has 0 spiro atoms. The highest BCUT2D eigenvalue weighted by atomic mass is 35.5. The number of H-pyrrole nitrogens is 2. The van der Waals surface area contributed by atoms with Gasteiger partial charge in [0.05, 0.1) is 16.9 Å². The molecule has 7 nitrogen and oxygen atoms in total. The van der Waals surface area contributed by atoms with Crippen molar-refractivity contribution in [1.29, 1.82) is 0 Å². The van der Waals surface area contributed by atoms with Crippen LogP contribution in [0, 0.1) is 0 Å². The van der Waals surface area contributed by atoms with E-state index in [0.29, 0.717) is 50.2 Å². The van der Waals surface area contributed by atoms with Crippen LogP contribution in [0.5, 0.6) is 0 Å². The van der Waals surface area contributed by atoms with E-state index in [1.54, 1.807) is 36.5 Å². The van der Waals surface area contributed by atoms with Gasteiger partial charge in [-0.1, -0.05) is 41.4 Å².